The fourth-order valence-corrected chi connectivity index (χ4v) is 5.28. The molecule has 0 atom stereocenters. The average molecular weight is 884 g/mol. The number of carboxylic acid groups (broad SMARTS) is 2. The van der Waals surface area contributed by atoms with E-state index in [9.17, 15) is 19.8 Å². The summed E-state index contributed by atoms with van der Waals surface area (Å²) in [6, 6.07) is 0. The summed E-state index contributed by atoms with van der Waals surface area (Å²) in [5.41, 5.74) is 0. The van der Waals surface area contributed by atoms with Crippen molar-refractivity contribution in [3.05, 3.63) is 0 Å². The third kappa shape index (κ3) is 59.9. The van der Waals surface area contributed by atoms with E-state index >= 15 is 0 Å². The van der Waals surface area contributed by atoms with E-state index in [1.165, 1.54) is 167 Å². The van der Waals surface area contributed by atoms with E-state index in [0.717, 1.165) is 25.7 Å². The van der Waals surface area contributed by atoms with E-state index in [1.807, 2.05) is 0 Å². The zero-order chi connectivity index (χ0) is 29.8. The van der Waals surface area contributed by atoms with E-state index < -0.39 is 11.9 Å². The quantitative estimate of drug-likeness (QED) is 0.0498. The molecule has 0 aromatic carbocycles. The predicted octanol–water partition coefficient (Wildman–Crippen LogP) is 9.83. The third-order valence-electron chi connectivity index (χ3n) is 7.97. The van der Waals surface area contributed by atoms with Crippen LogP contribution < -0.4 is 10.2 Å². The molecule has 4 nitrogen and oxygen atoms in total. The normalized spacial score (nSPS) is 10.1. The van der Waals surface area contributed by atoms with E-state index in [0.29, 0.717) is 0 Å². The minimum Gasteiger partial charge on any atom is -1.00 e. The Morgan fingerprint density at radius 3 is 0.651 bits per heavy atom. The van der Waals surface area contributed by atoms with Crippen molar-refractivity contribution in [2.45, 2.75) is 219 Å². The van der Waals surface area contributed by atoms with Gasteiger partial charge in [-0.2, -0.15) is 0 Å². The molecule has 0 aromatic rings. The summed E-state index contributed by atoms with van der Waals surface area (Å²) in [4.78, 5) is 20.4. The molecule has 246 valence electrons. The van der Waals surface area contributed by atoms with Gasteiger partial charge in [-0.05, 0) is 25.7 Å². The summed E-state index contributed by atoms with van der Waals surface area (Å²) in [6.45, 7) is 4.53. The summed E-state index contributed by atoms with van der Waals surface area (Å²) in [5, 5.41) is 20.4. The van der Waals surface area contributed by atoms with Gasteiger partial charge in [0.1, 0.15) is 0 Å². The first-order valence-corrected chi connectivity index (χ1v) is 17.9. The fraction of sp³-hybridized carbons (Fsp3) is 0.944. The third-order valence-corrected chi connectivity index (χ3v) is 7.97. The van der Waals surface area contributed by atoms with Crippen molar-refractivity contribution in [3.63, 3.8) is 0 Å². The Balaban J connectivity index is -0.000000116. The van der Waals surface area contributed by atoms with Crippen LogP contribution in [0.4, 0.5) is 0 Å². The van der Waals surface area contributed by atoms with Crippen LogP contribution in [-0.4, -0.2) is 60.8 Å². The standard InChI is InChI=1S/2C18H36O2.Ba.Cd.Zn.2H/c2*1-2-3-4-5-6-7-8-9-10-11-12-13-14-15-16-17-18(19)20;;;;;/h2*2-17H2,1H3,(H,19,20);;;;;/q;;+2;;+2;2*-1/p-2. The summed E-state index contributed by atoms with van der Waals surface area (Å²) >= 11 is 0. The van der Waals surface area contributed by atoms with E-state index in [-0.39, 0.29) is 111 Å². The molecule has 0 spiro atoms. The van der Waals surface area contributed by atoms with Gasteiger partial charge in [-0.3, -0.25) is 0 Å². The largest absolute Gasteiger partial charge is 2.00 e. The van der Waals surface area contributed by atoms with Gasteiger partial charge in [0.25, 0.3) is 0 Å². The van der Waals surface area contributed by atoms with Crippen LogP contribution in [0, 0.1) is 0 Å². The van der Waals surface area contributed by atoms with Crippen LogP contribution >= 0.6 is 0 Å². The maximum atomic E-state index is 10.2. The maximum absolute atomic E-state index is 10.2. The van der Waals surface area contributed by atoms with Crippen molar-refractivity contribution in [2.75, 3.05) is 0 Å². The minimum absolute atomic E-state index is 0. The van der Waals surface area contributed by atoms with Crippen LogP contribution in [0.5, 0.6) is 0 Å². The number of hydrogen-bond donors (Lipinski definition) is 0. The smallest absolute Gasteiger partial charge is 1.00 e. The van der Waals surface area contributed by atoms with Crippen LogP contribution in [0.15, 0.2) is 0 Å². The van der Waals surface area contributed by atoms with Crippen molar-refractivity contribution in [1.82, 2.24) is 0 Å². The van der Waals surface area contributed by atoms with E-state index in [4.69, 9.17) is 0 Å². The number of unbranched alkanes of at least 4 members (excludes halogenated alkanes) is 28. The molecule has 0 aliphatic heterocycles. The van der Waals surface area contributed by atoms with Gasteiger partial charge in [0.05, 0.1) is 0 Å². The molecule has 0 saturated heterocycles. The number of carbonyl (C=O) groups excluding carboxylic acids is 2. The Kier molecular flexibility index (Phi) is 64.5. The summed E-state index contributed by atoms with van der Waals surface area (Å²) in [7, 11) is 0. The Bertz CT molecular complexity index is 479. The topological polar surface area (TPSA) is 80.3 Å². The summed E-state index contributed by atoms with van der Waals surface area (Å²) in [5.74, 6) is -1.81. The van der Waals surface area contributed by atoms with Gasteiger partial charge < -0.3 is 22.7 Å². The predicted molar refractivity (Wildman–Crippen MR) is 177 cm³/mol. The first-order chi connectivity index (χ1) is 19.5. The second kappa shape index (κ2) is 50.9. The zero-order valence-corrected chi connectivity index (χ0v) is 40.8. The molecule has 0 saturated carbocycles. The molecule has 0 fully saturated rings. The average Bonchev–Trinajstić information content (AvgIpc) is 2.93. The molecule has 0 aliphatic rings. The summed E-state index contributed by atoms with van der Waals surface area (Å²) in [6.07, 6.45) is 39.7. The maximum Gasteiger partial charge on any atom is 2.00 e. The molecule has 0 rings (SSSR count). The summed E-state index contributed by atoms with van der Waals surface area (Å²) < 4.78 is 0. The SMILES string of the molecule is CCCCCCCCCCCCCCCCCC(=O)[O-].CCCCCCCCCCCCCCCCCC(=O)[O-].[Ba+2].[Cd].[H-].[H-].[Zn+2]. The number of carboxylic acids is 2. The van der Waals surface area contributed by atoms with Crippen molar-refractivity contribution in [2.24, 2.45) is 0 Å². The van der Waals surface area contributed by atoms with Gasteiger partial charge in [0, 0.05) is 39.2 Å². The second-order valence-electron chi connectivity index (χ2n) is 12.1. The van der Waals surface area contributed by atoms with Gasteiger partial charge in [-0.1, -0.05) is 194 Å². The van der Waals surface area contributed by atoms with Crippen LogP contribution in [0.3, 0.4) is 0 Å². The number of rotatable bonds is 32. The Hall–Kier alpha value is 2.06. The van der Waals surface area contributed by atoms with Gasteiger partial charge in [-0.25, -0.2) is 0 Å². The molecule has 0 heterocycles. The van der Waals surface area contributed by atoms with Gasteiger partial charge in [0.15, 0.2) is 0 Å². The van der Waals surface area contributed by atoms with Crippen molar-refractivity contribution >= 4 is 60.8 Å². The Morgan fingerprint density at radius 1 is 0.372 bits per heavy atom. The molecule has 0 amide bonds. The molecule has 0 aromatic heterocycles. The number of carbonyl (C=O) groups is 2. The Labute approximate surface area is 345 Å². The molecule has 43 heavy (non-hydrogen) atoms. The van der Waals surface area contributed by atoms with Crippen LogP contribution in [0.25, 0.3) is 0 Å². The van der Waals surface area contributed by atoms with Crippen molar-refractivity contribution in [3.8, 4) is 0 Å². The second-order valence-corrected chi connectivity index (χ2v) is 12.1. The number of aliphatic carboxylic acids is 2. The molecule has 0 unspecified atom stereocenters. The van der Waals surface area contributed by atoms with Crippen molar-refractivity contribution < 1.29 is 69.4 Å². The molecule has 0 N–H and O–H groups in total. The molecule has 0 radical (unpaired) electrons. The van der Waals surface area contributed by atoms with E-state index in [1.54, 1.807) is 0 Å². The zero-order valence-electron chi connectivity index (χ0n) is 31.4. The van der Waals surface area contributed by atoms with Gasteiger partial charge in [-0.15, -0.1) is 0 Å². The van der Waals surface area contributed by atoms with Crippen LogP contribution in [0.1, 0.15) is 222 Å². The first kappa shape index (κ1) is 54.5. The first-order valence-electron chi connectivity index (χ1n) is 17.9. The molecular weight excluding hydrogens is 812 g/mol. The van der Waals surface area contributed by atoms with Crippen LogP contribution in [-0.2, 0) is 56.4 Å². The molecular formula is C36H72BaCdO4Zn. The van der Waals surface area contributed by atoms with Crippen LogP contribution in [0.2, 0.25) is 0 Å². The Morgan fingerprint density at radius 2 is 0.512 bits per heavy atom. The van der Waals surface area contributed by atoms with Gasteiger partial charge in [0.2, 0.25) is 0 Å². The van der Waals surface area contributed by atoms with Gasteiger partial charge >= 0.3 is 68.4 Å². The fourth-order valence-electron chi connectivity index (χ4n) is 5.28. The monoisotopic (exact) mass is 884 g/mol. The van der Waals surface area contributed by atoms with Crippen molar-refractivity contribution in [1.29, 1.82) is 0 Å². The molecule has 0 bridgehead atoms. The van der Waals surface area contributed by atoms with E-state index in [2.05, 4.69) is 13.8 Å². The minimum atomic E-state index is -0.903. The molecule has 0 aliphatic carbocycles. The number of hydrogen-bond acceptors (Lipinski definition) is 4. The molecule has 7 heteroatoms.